The molecule has 3 rings (SSSR count). The minimum atomic E-state index is -0.751. The van der Waals surface area contributed by atoms with Crippen LogP contribution in [0.25, 0.3) is 0 Å². The van der Waals surface area contributed by atoms with Crippen LogP contribution in [0, 0.1) is 0 Å². The molecule has 0 spiro atoms. The van der Waals surface area contributed by atoms with Gasteiger partial charge in [-0.1, -0.05) is 41.9 Å². The fraction of sp³-hybridized carbons (Fsp3) is 0.0667. The first-order valence-electron chi connectivity index (χ1n) is 6.09. The highest BCUT2D eigenvalue weighted by atomic mass is 35.5. The summed E-state index contributed by atoms with van der Waals surface area (Å²) in [4.78, 5) is 11.9. The summed E-state index contributed by atoms with van der Waals surface area (Å²) < 4.78 is 5.71. The van der Waals surface area contributed by atoms with E-state index in [0.29, 0.717) is 16.5 Å². The summed E-state index contributed by atoms with van der Waals surface area (Å²) in [5, 5.41) is 4.67. The summed E-state index contributed by atoms with van der Waals surface area (Å²) >= 11 is 5.86. The number of carbonyl (C=O) groups is 1. The fourth-order valence-corrected chi connectivity index (χ4v) is 2.06. The van der Waals surface area contributed by atoms with Crippen molar-refractivity contribution in [2.45, 2.75) is 6.10 Å². The van der Waals surface area contributed by atoms with Crippen molar-refractivity contribution >= 4 is 23.2 Å². The van der Waals surface area contributed by atoms with Crippen molar-refractivity contribution in [2.75, 3.05) is 0 Å². The van der Waals surface area contributed by atoms with Crippen molar-refractivity contribution in [3.63, 3.8) is 0 Å². The highest BCUT2D eigenvalue weighted by molar-refractivity contribution is 6.30. The van der Waals surface area contributed by atoms with Gasteiger partial charge in [0.05, 0.1) is 0 Å². The molecule has 0 bridgehead atoms. The van der Waals surface area contributed by atoms with Crippen molar-refractivity contribution in [3.05, 3.63) is 65.2 Å². The number of hydrogen-bond donors (Lipinski definition) is 1. The van der Waals surface area contributed by atoms with Gasteiger partial charge in [-0.25, -0.2) is 5.43 Å². The van der Waals surface area contributed by atoms with Crippen LogP contribution in [0.3, 0.4) is 0 Å². The molecule has 0 saturated carbocycles. The molecule has 0 aliphatic carbocycles. The number of carbonyl (C=O) groups excluding carboxylic acids is 1. The van der Waals surface area contributed by atoms with Crippen molar-refractivity contribution in [1.82, 2.24) is 5.43 Å². The minimum absolute atomic E-state index is 0.279. The molecule has 1 amide bonds. The van der Waals surface area contributed by atoms with Crippen molar-refractivity contribution < 1.29 is 9.53 Å². The molecular weight excluding hydrogens is 276 g/mol. The van der Waals surface area contributed by atoms with E-state index >= 15 is 0 Å². The molecule has 2 aromatic carbocycles. The molecule has 1 unspecified atom stereocenters. The molecule has 1 N–H and O–H groups in total. The number of nitrogens with one attached hydrogen (secondary N) is 1. The van der Waals surface area contributed by atoms with E-state index < -0.39 is 6.10 Å². The number of benzene rings is 2. The smallest absolute Gasteiger partial charge is 0.287 e. The normalized spacial score (nSPS) is 17.6. The van der Waals surface area contributed by atoms with Crippen molar-refractivity contribution in [1.29, 1.82) is 0 Å². The number of para-hydroxylation sites is 1. The molecule has 1 aliphatic heterocycles. The monoisotopic (exact) mass is 286 g/mol. The van der Waals surface area contributed by atoms with E-state index in [0.717, 1.165) is 5.56 Å². The first-order valence-corrected chi connectivity index (χ1v) is 6.47. The second-order valence-electron chi connectivity index (χ2n) is 4.29. The van der Waals surface area contributed by atoms with Crippen LogP contribution in [-0.2, 0) is 4.79 Å². The molecule has 5 heteroatoms. The molecule has 1 aliphatic rings. The van der Waals surface area contributed by atoms with Gasteiger partial charge in [0.1, 0.15) is 11.5 Å². The maximum absolute atomic E-state index is 11.9. The zero-order valence-electron chi connectivity index (χ0n) is 10.4. The van der Waals surface area contributed by atoms with Gasteiger partial charge in [0, 0.05) is 10.6 Å². The molecule has 0 aromatic heterocycles. The van der Waals surface area contributed by atoms with Gasteiger partial charge in [0.25, 0.3) is 5.91 Å². The van der Waals surface area contributed by atoms with Gasteiger partial charge < -0.3 is 4.74 Å². The molecular formula is C15H11ClN2O2. The van der Waals surface area contributed by atoms with E-state index in [1.807, 2.05) is 30.3 Å². The lowest BCUT2D eigenvalue weighted by Crippen LogP contribution is -2.34. The largest absolute Gasteiger partial charge is 0.474 e. The Labute approximate surface area is 121 Å². The summed E-state index contributed by atoms with van der Waals surface area (Å²) in [5.41, 5.74) is 3.80. The average Bonchev–Trinajstić information content (AvgIpc) is 2.83. The molecule has 0 fully saturated rings. The Morgan fingerprint density at radius 3 is 2.45 bits per heavy atom. The topological polar surface area (TPSA) is 50.7 Å². The third-order valence-electron chi connectivity index (χ3n) is 2.91. The number of halogens is 1. The number of amides is 1. The first kappa shape index (κ1) is 12.7. The van der Waals surface area contributed by atoms with Crippen LogP contribution in [0.5, 0.6) is 5.75 Å². The van der Waals surface area contributed by atoms with Crippen LogP contribution < -0.4 is 10.2 Å². The molecule has 1 atom stereocenters. The van der Waals surface area contributed by atoms with Gasteiger partial charge in [-0.15, -0.1) is 0 Å². The van der Waals surface area contributed by atoms with E-state index in [2.05, 4.69) is 10.5 Å². The van der Waals surface area contributed by atoms with E-state index in [1.165, 1.54) is 0 Å². The molecule has 0 saturated heterocycles. The minimum Gasteiger partial charge on any atom is -0.474 e. The molecule has 2 aromatic rings. The number of rotatable bonds is 3. The Bertz CT molecular complexity index is 653. The Morgan fingerprint density at radius 1 is 1.05 bits per heavy atom. The molecule has 4 nitrogen and oxygen atoms in total. The highest BCUT2D eigenvalue weighted by Crippen LogP contribution is 2.18. The van der Waals surface area contributed by atoms with Crippen LogP contribution in [0.1, 0.15) is 5.56 Å². The van der Waals surface area contributed by atoms with Gasteiger partial charge in [-0.2, -0.15) is 5.10 Å². The Balaban J connectivity index is 1.87. The summed E-state index contributed by atoms with van der Waals surface area (Å²) in [6.45, 7) is 0. The van der Waals surface area contributed by atoms with E-state index in [1.54, 1.807) is 24.3 Å². The second-order valence-corrected chi connectivity index (χ2v) is 4.73. The van der Waals surface area contributed by atoms with E-state index in [9.17, 15) is 4.79 Å². The van der Waals surface area contributed by atoms with Gasteiger partial charge in [0.15, 0.2) is 0 Å². The summed E-state index contributed by atoms with van der Waals surface area (Å²) in [5.74, 6) is 0.343. The second kappa shape index (κ2) is 5.35. The van der Waals surface area contributed by atoms with Crippen LogP contribution in [0.2, 0.25) is 5.02 Å². The number of hydrazone groups is 1. The Kier molecular flexibility index (Phi) is 3.39. The summed E-state index contributed by atoms with van der Waals surface area (Å²) in [7, 11) is 0. The molecule has 20 heavy (non-hydrogen) atoms. The fourth-order valence-electron chi connectivity index (χ4n) is 1.94. The number of ether oxygens (including phenoxy) is 1. The lowest BCUT2D eigenvalue weighted by atomic mass is 10.1. The van der Waals surface area contributed by atoms with Gasteiger partial charge in [-0.3, -0.25) is 4.79 Å². The number of hydrogen-bond acceptors (Lipinski definition) is 3. The predicted octanol–water partition coefficient (Wildman–Crippen LogP) is 2.62. The first-order chi connectivity index (χ1) is 9.74. The molecule has 100 valence electrons. The zero-order valence-corrected chi connectivity index (χ0v) is 11.2. The van der Waals surface area contributed by atoms with E-state index in [-0.39, 0.29) is 5.91 Å². The van der Waals surface area contributed by atoms with E-state index in [4.69, 9.17) is 16.3 Å². The summed E-state index contributed by atoms with van der Waals surface area (Å²) in [6, 6.07) is 16.3. The van der Waals surface area contributed by atoms with Crippen LogP contribution in [0.15, 0.2) is 59.7 Å². The van der Waals surface area contributed by atoms with Gasteiger partial charge in [-0.05, 0) is 24.3 Å². The lowest BCUT2D eigenvalue weighted by Gasteiger charge is -2.13. The van der Waals surface area contributed by atoms with Crippen molar-refractivity contribution in [2.24, 2.45) is 5.10 Å². The average molecular weight is 287 g/mol. The predicted molar refractivity (Wildman–Crippen MR) is 77.0 cm³/mol. The van der Waals surface area contributed by atoms with Gasteiger partial charge in [0.2, 0.25) is 6.10 Å². The van der Waals surface area contributed by atoms with Crippen LogP contribution in [0.4, 0.5) is 0 Å². The van der Waals surface area contributed by atoms with Crippen molar-refractivity contribution in [3.8, 4) is 5.75 Å². The third kappa shape index (κ3) is 2.51. The summed E-state index contributed by atoms with van der Waals surface area (Å²) in [6.07, 6.45) is -0.751. The quantitative estimate of drug-likeness (QED) is 0.943. The van der Waals surface area contributed by atoms with Crippen LogP contribution >= 0.6 is 11.6 Å². The highest BCUT2D eigenvalue weighted by Gasteiger charge is 2.32. The zero-order chi connectivity index (χ0) is 13.9. The maximum atomic E-state index is 11.9. The Morgan fingerprint density at radius 2 is 1.75 bits per heavy atom. The standard InChI is InChI=1S/C15H11ClN2O2/c16-11-8-6-10(7-9-11)13-14(15(19)18-17-13)20-12-4-2-1-3-5-12/h1-9,14H,(H,18,19). The number of nitrogens with zero attached hydrogens (tertiary/aromatic N) is 1. The molecule has 0 radical (unpaired) electrons. The van der Waals surface area contributed by atoms with Crippen LogP contribution in [-0.4, -0.2) is 17.7 Å². The van der Waals surface area contributed by atoms with Gasteiger partial charge >= 0.3 is 0 Å². The maximum Gasteiger partial charge on any atom is 0.287 e. The molecule has 1 heterocycles. The Hall–Kier alpha value is -2.33. The third-order valence-corrected chi connectivity index (χ3v) is 3.16. The SMILES string of the molecule is O=C1NN=C(c2ccc(Cl)cc2)C1Oc1ccccc1. The lowest BCUT2D eigenvalue weighted by molar-refractivity contribution is -0.124.